The third-order valence-corrected chi connectivity index (χ3v) is 5.69. The van der Waals surface area contributed by atoms with E-state index in [0.29, 0.717) is 25.3 Å². The molecular formula is C24H28ClN3O4. The number of hydrogen-bond acceptors (Lipinski definition) is 5. The Balaban J connectivity index is 0.00000289. The maximum atomic E-state index is 11.0. The van der Waals surface area contributed by atoms with Crippen LogP contribution >= 0.6 is 12.4 Å². The zero-order valence-electron chi connectivity index (χ0n) is 18.6. The summed E-state index contributed by atoms with van der Waals surface area (Å²) in [6, 6.07) is 7.96. The van der Waals surface area contributed by atoms with Crippen LogP contribution in [0.3, 0.4) is 0 Å². The number of allylic oxidation sites excluding steroid dienone is 2. The van der Waals surface area contributed by atoms with Crippen molar-refractivity contribution in [2.24, 2.45) is 7.05 Å². The first-order valence-electron chi connectivity index (χ1n) is 10.6. The number of ether oxygens (including phenoxy) is 1. The lowest BCUT2D eigenvalue weighted by Gasteiger charge is -2.20. The number of fused-ring (bicyclic) bond motifs is 1. The van der Waals surface area contributed by atoms with Crippen LogP contribution < -0.4 is 4.74 Å². The number of oxazole rings is 1. The molecule has 1 aliphatic carbocycles. The molecule has 2 aromatic heterocycles. The predicted molar refractivity (Wildman–Crippen MR) is 124 cm³/mol. The minimum atomic E-state index is -0.774. The maximum absolute atomic E-state index is 11.0. The van der Waals surface area contributed by atoms with Gasteiger partial charge < -0.3 is 14.3 Å². The highest BCUT2D eigenvalue weighted by molar-refractivity contribution is 5.85. The summed E-state index contributed by atoms with van der Waals surface area (Å²) in [6.45, 7) is 4.38. The highest BCUT2D eigenvalue weighted by Crippen LogP contribution is 2.35. The third kappa shape index (κ3) is 5.05. The van der Waals surface area contributed by atoms with Gasteiger partial charge in [-0.1, -0.05) is 18.2 Å². The SMILES string of the molecule is Cc1oc(-c2cc(C)n(C)n2)nc1CCOc1cccc2c1CCC=C2CCC(=O)O.Cl. The van der Waals surface area contributed by atoms with E-state index < -0.39 is 5.97 Å². The van der Waals surface area contributed by atoms with Crippen LogP contribution in [-0.4, -0.2) is 32.4 Å². The number of carbonyl (C=O) groups is 1. The molecule has 0 spiro atoms. The second-order valence-corrected chi connectivity index (χ2v) is 7.86. The van der Waals surface area contributed by atoms with Gasteiger partial charge in [0.1, 0.15) is 17.2 Å². The molecule has 2 heterocycles. The molecule has 4 rings (SSSR count). The van der Waals surface area contributed by atoms with Crippen LogP contribution in [0.5, 0.6) is 5.75 Å². The van der Waals surface area contributed by atoms with Gasteiger partial charge in [-0.05, 0) is 56.4 Å². The standard InChI is InChI=1S/C24H27N3O4.ClH/c1-15-14-21(26-27(15)3)24-25-20(16(2)31-24)12-13-30-22-9-5-7-18-17(10-11-23(28)29)6-4-8-19(18)22;/h5-7,9,14H,4,8,10-13H2,1-3H3,(H,28,29);1H. The Labute approximate surface area is 193 Å². The number of benzene rings is 1. The summed E-state index contributed by atoms with van der Waals surface area (Å²) in [5, 5.41) is 13.4. The van der Waals surface area contributed by atoms with Crippen LogP contribution in [0.4, 0.5) is 0 Å². The molecule has 0 fully saturated rings. The van der Waals surface area contributed by atoms with Crippen LogP contribution in [0.1, 0.15) is 47.5 Å². The summed E-state index contributed by atoms with van der Waals surface area (Å²) in [6.07, 6.45) is 5.26. The van der Waals surface area contributed by atoms with Crippen molar-refractivity contribution in [3.05, 3.63) is 58.6 Å². The Hall–Kier alpha value is -3.06. The van der Waals surface area contributed by atoms with E-state index in [9.17, 15) is 4.79 Å². The van der Waals surface area contributed by atoms with E-state index in [4.69, 9.17) is 14.3 Å². The minimum absolute atomic E-state index is 0. The molecule has 1 aromatic carbocycles. The number of nitrogens with zero attached hydrogens (tertiary/aromatic N) is 3. The predicted octanol–water partition coefficient (Wildman–Crippen LogP) is 4.93. The van der Waals surface area contributed by atoms with Crippen molar-refractivity contribution in [2.75, 3.05) is 6.61 Å². The average Bonchev–Trinajstić information content (AvgIpc) is 3.28. The van der Waals surface area contributed by atoms with Crippen LogP contribution in [0, 0.1) is 13.8 Å². The summed E-state index contributed by atoms with van der Waals surface area (Å²) < 4.78 is 13.8. The lowest BCUT2D eigenvalue weighted by atomic mass is 9.88. The molecule has 0 amide bonds. The number of hydrogen-bond donors (Lipinski definition) is 1. The molecule has 1 N–H and O–H groups in total. The third-order valence-electron chi connectivity index (χ3n) is 5.69. The number of carboxylic acid groups (broad SMARTS) is 1. The Morgan fingerprint density at radius 2 is 2.09 bits per heavy atom. The normalized spacial score (nSPS) is 12.7. The van der Waals surface area contributed by atoms with Gasteiger partial charge in [-0.3, -0.25) is 9.48 Å². The Kier molecular flexibility index (Phi) is 7.40. The summed E-state index contributed by atoms with van der Waals surface area (Å²) in [5.74, 6) is 1.39. The molecular weight excluding hydrogens is 430 g/mol. The van der Waals surface area contributed by atoms with Crippen molar-refractivity contribution >= 4 is 23.9 Å². The average molecular weight is 458 g/mol. The van der Waals surface area contributed by atoms with E-state index in [1.54, 1.807) is 4.68 Å². The number of aryl methyl sites for hydroxylation is 3. The van der Waals surface area contributed by atoms with Gasteiger partial charge in [0.25, 0.3) is 0 Å². The van der Waals surface area contributed by atoms with Crippen LogP contribution in [-0.2, 0) is 24.7 Å². The van der Waals surface area contributed by atoms with Gasteiger partial charge >= 0.3 is 5.97 Å². The number of rotatable bonds is 8. The molecule has 8 heteroatoms. The first-order chi connectivity index (χ1) is 14.9. The highest BCUT2D eigenvalue weighted by Gasteiger charge is 2.18. The van der Waals surface area contributed by atoms with Crippen molar-refractivity contribution in [3.8, 4) is 17.3 Å². The van der Waals surface area contributed by atoms with Gasteiger partial charge in [0.05, 0.1) is 12.3 Å². The lowest BCUT2D eigenvalue weighted by Crippen LogP contribution is -2.08. The smallest absolute Gasteiger partial charge is 0.303 e. The van der Waals surface area contributed by atoms with Gasteiger partial charge in [-0.15, -0.1) is 12.4 Å². The summed E-state index contributed by atoms with van der Waals surface area (Å²) in [4.78, 5) is 15.6. The zero-order chi connectivity index (χ0) is 22.0. The van der Waals surface area contributed by atoms with Crippen molar-refractivity contribution in [3.63, 3.8) is 0 Å². The largest absolute Gasteiger partial charge is 0.493 e. The van der Waals surface area contributed by atoms with Crippen LogP contribution in [0.25, 0.3) is 17.2 Å². The van der Waals surface area contributed by atoms with Gasteiger partial charge in [-0.2, -0.15) is 5.10 Å². The van der Waals surface area contributed by atoms with Crippen molar-refractivity contribution in [2.45, 2.75) is 46.0 Å². The van der Waals surface area contributed by atoms with Crippen LogP contribution in [0.15, 0.2) is 34.8 Å². The number of halogens is 1. The first kappa shape index (κ1) is 23.6. The zero-order valence-corrected chi connectivity index (χ0v) is 19.4. The first-order valence-corrected chi connectivity index (χ1v) is 10.6. The molecule has 0 aliphatic heterocycles. The van der Waals surface area contributed by atoms with E-state index in [-0.39, 0.29) is 18.8 Å². The van der Waals surface area contributed by atoms with E-state index >= 15 is 0 Å². The number of carboxylic acids is 1. The molecule has 32 heavy (non-hydrogen) atoms. The van der Waals surface area contributed by atoms with E-state index in [1.165, 1.54) is 0 Å². The number of aliphatic carboxylic acids is 1. The Morgan fingerprint density at radius 1 is 1.28 bits per heavy atom. The minimum Gasteiger partial charge on any atom is -0.493 e. The fourth-order valence-electron chi connectivity index (χ4n) is 3.93. The van der Waals surface area contributed by atoms with Crippen molar-refractivity contribution in [1.82, 2.24) is 14.8 Å². The number of aromatic nitrogens is 3. The fourth-order valence-corrected chi connectivity index (χ4v) is 3.93. The Morgan fingerprint density at radius 3 is 2.81 bits per heavy atom. The molecule has 3 aromatic rings. The molecule has 1 aliphatic rings. The topological polar surface area (TPSA) is 90.4 Å². The molecule has 0 unspecified atom stereocenters. The highest BCUT2D eigenvalue weighted by atomic mass is 35.5. The quantitative estimate of drug-likeness (QED) is 0.515. The molecule has 7 nitrogen and oxygen atoms in total. The summed E-state index contributed by atoms with van der Waals surface area (Å²) in [5.41, 5.74) is 6.00. The van der Waals surface area contributed by atoms with Crippen molar-refractivity contribution < 1.29 is 19.1 Å². The van der Waals surface area contributed by atoms with E-state index in [0.717, 1.165) is 58.1 Å². The summed E-state index contributed by atoms with van der Waals surface area (Å²) >= 11 is 0. The van der Waals surface area contributed by atoms with Gasteiger partial charge in [0.15, 0.2) is 0 Å². The monoisotopic (exact) mass is 457 g/mol. The summed E-state index contributed by atoms with van der Waals surface area (Å²) in [7, 11) is 1.90. The van der Waals surface area contributed by atoms with Crippen LogP contribution in [0.2, 0.25) is 0 Å². The maximum Gasteiger partial charge on any atom is 0.303 e. The van der Waals surface area contributed by atoms with E-state index in [2.05, 4.69) is 22.2 Å². The molecule has 0 saturated heterocycles. The van der Waals surface area contributed by atoms with E-state index in [1.807, 2.05) is 39.1 Å². The molecule has 0 bridgehead atoms. The van der Waals surface area contributed by atoms with Gasteiger partial charge in [-0.25, -0.2) is 4.98 Å². The Bertz CT molecular complexity index is 1130. The lowest BCUT2D eigenvalue weighted by molar-refractivity contribution is -0.136. The second-order valence-electron chi connectivity index (χ2n) is 7.86. The molecule has 0 atom stereocenters. The molecule has 0 saturated carbocycles. The fraction of sp³-hybridized carbons (Fsp3) is 0.375. The van der Waals surface area contributed by atoms with Gasteiger partial charge in [0.2, 0.25) is 5.89 Å². The van der Waals surface area contributed by atoms with Crippen molar-refractivity contribution in [1.29, 1.82) is 0 Å². The molecule has 0 radical (unpaired) electrons. The van der Waals surface area contributed by atoms with Gasteiger partial charge in [0, 0.05) is 31.1 Å². The second kappa shape index (κ2) is 10.0. The molecule has 170 valence electrons.